The van der Waals surface area contributed by atoms with E-state index in [1.165, 1.54) is 0 Å². The summed E-state index contributed by atoms with van der Waals surface area (Å²) in [6.45, 7) is 0. The fourth-order valence-corrected chi connectivity index (χ4v) is 0. The van der Waals surface area contributed by atoms with Crippen LogP contribution in [0.4, 0.5) is 0 Å². The molecular formula is H5KO4Ti. The van der Waals surface area contributed by atoms with Crippen molar-refractivity contribution >= 4 is 51.4 Å². The summed E-state index contributed by atoms with van der Waals surface area (Å²) < 4.78 is 17.0. The molecule has 0 heterocycles. The van der Waals surface area contributed by atoms with Gasteiger partial charge in [0.1, 0.15) is 0 Å². The zero-order valence-corrected chi connectivity index (χ0v) is 3.88. The van der Waals surface area contributed by atoms with Crippen LogP contribution in [0, 0.1) is 0 Å². The standard InChI is InChI=1S/K.2H2O.2O.Ti.H/h;2*1H2;;;;. The maximum atomic E-state index is 8.50. The van der Waals surface area contributed by atoms with Crippen LogP contribution in [0.1, 0.15) is 0 Å². The average molecular weight is 156 g/mol. The fourth-order valence-electron chi connectivity index (χ4n) is 0. The Morgan fingerprint density at radius 2 is 1.00 bits per heavy atom. The first-order valence-electron chi connectivity index (χ1n) is 0.408. The van der Waals surface area contributed by atoms with E-state index in [1.807, 2.05) is 0 Å². The van der Waals surface area contributed by atoms with Crippen molar-refractivity contribution in [3.05, 3.63) is 0 Å². The summed E-state index contributed by atoms with van der Waals surface area (Å²) in [7, 11) is 0. The molecule has 0 aliphatic carbocycles. The number of hydrogen-bond acceptors (Lipinski definition) is 2. The van der Waals surface area contributed by atoms with Crippen LogP contribution < -0.4 is 0 Å². The Hall–Kier alpha value is 1.87. The molecule has 4 N–H and O–H groups in total. The average Bonchev–Trinajstić information content (AvgIpc) is 0.918. The fraction of sp³-hybridized carbons (Fsp3) is 0. The molecule has 0 amide bonds. The molecule has 0 aromatic carbocycles. The van der Waals surface area contributed by atoms with Gasteiger partial charge in [-0.15, -0.1) is 0 Å². The predicted octanol–water partition coefficient (Wildman–Crippen LogP) is -2.54. The SMILES string of the molecule is O.O.[KH].[O]=[Ti]=[O]. The first kappa shape index (κ1) is 24.8. The molecule has 6 heteroatoms. The van der Waals surface area contributed by atoms with Gasteiger partial charge in [-0.05, 0) is 0 Å². The molecule has 0 aromatic heterocycles. The quantitative estimate of drug-likeness (QED) is 0.361. The van der Waals surface area contributed by atoms with Crippen molar-refractivity contribution in [1.29, 1.82) is 0 Å². The van der Waals surface area contributed by atoms with Crippen LogP contribution in [-0.4, -0.2) is 62.3 Å². The molecule has 0 bridgehead atoms. The van der Waals surface area contributed by atoms with Gasteiger partial charge in [-0.2, -0.15) is 0 Å². The molecule has 6 heavy (non-hydrogen) atoms. The second kappa shape index (κ2) is 28.7. The maximum absolute atomic E-state index is 8.50. The van der Waals surface area contributed by atoms with Crippen LogP contribution in [0.15, 0.2) is 0 Å². The van der Waals surface area contributed by atoms with Crippen LogP contribution in [0.3, 0.4) is 0 Å². The van der Waals surface area contributed by atoms with Gasteiger partial charge in [-0.3, -0.25) is 0 Å². The minimum absolute atomic E-state index is 0. The van der Waals surface area contributed by atoms with Gasteiger partial charge in [-0.1, -0.05) is 0 Å². The van der Waals surface area contributed by atoms with Crippen molar-refractivity contribution in [2.24, 2.45) is 0 Å². The summed E-state index contributed by atoms with van der Waals surface area (Å²) in [4.78, 5) is 0. The van der Waals surface area contributed by atoms with Crippen LogP contribution in [0.5, 0.6) is 0 Å². The molecule has 0 saturated carbocycles. The zero-order valence-electron chi connectivity index (χ0n) is 2.32. The Morgan fingerprint density at radius 3 is 1.00 bits per heavy atom. The van der Waals surface area contributed by atoms with Crippen molar-refractivity contribution in [2.45, 2.75) is 0 Å². The Morgan fingerprint density at radius 1 is 1.00 bits per heavy atom. The summed E-state index contributed by atoms with van der Waals surface area (Å²) in [6, 6.07) is 0. The molecule has 0 saturated heterocycles. The molecule has 0 unspecified atom stereocenters. The summed E-state index contributed by atoms with van der Waals surface area (Å²) in [6.07, 6.45) is 0. The van der Waals surface area contributed by atoms with E-state index in [0.29, 0.717) is 0 Å². The van der Waals surface area contributed by atoms with Crippen molar-refractivity contribution in [3.8, 4) is 0 Å². The molecular weight excluding hydrogens is 151 g/mol. The Bertz CT molecular complexity index is 28.5. The van der Waals surface area contributed by atoms with Crippen molar-refractivity contribution in [2.75, 3.05) is 0 Å². The molecule has 34 valence electrons. The van der Waals surface area contributed by atoms with E-state index in [2.05, 4.69) is 0 Å². The Kier molecular flexibility index (Phi) is 119. The van der Waals surface area contributed by atoms with Gasteiger partial charge in [0.15, 0.2) is 0 Å². The van der Waals surface area contributed by atoms with Crippen LogP contribution in [0.2, 0.25) is 0 Å². The van der Waals surface area contributed by atoms with Crippen molar-refractivity contribution in [3.63, 3.8) is 0 Å². The topological polar surface area (TPSA) is 97.1 Å². The van der Waals surface area contributed by atoms with Gasteiger partial charge in [0.2, 0.25) is 0 Å². The molecule has 0 spiro atoms. The van der Waals surface area contributed by atoms with Gasteiger partial charge < -0.3 is 11.0 Å². The third-order valence-electron chi connectivity index (χ3n) is 0. The predicted molar refractivity (Wildman–Crippen MR) is 15.7 cm³/mol. The van der Waals surface area contributed by atoms with Gasteiger partial charge in [0.25, 0.3) is 0 Å². The molecule has 0 radical (unpaired) electrons. The summed E-state index contributed by atoms with van der Waals surface area (Å²) >= 11 is -2.00. The van der Waals surface area contributed by atoms with E-state index in [1.54, 1.807) is 0 Å². The van der Waals surface area contributed by atoms with Gasteiger partial charge >= 0.3 is 77.1 Å². The van der Waals surface area contributed by atoms with Crippen LogP contribution >= 0.6 is 0 Å². The van der Waals surface area contributed by atoms with Gasteiger partial charge in [0, 0.05) is 0 Å². The third kappa shape index (κ3) is 39.8. The Labute approximate surface area is 86.3 Å². The first-order chi connectivity index (χ1) is 1.41. The molecule has 0 fully saturated rings. The van der Waals surface area contributed by atoms with Crippen molar-refractivity contribution in [1.82, 2.24) is 0 Å². The summed E-state index contributed by atoms with van der Waals surface area (Å²) in [5.74, 6) is 0. The van der Waals surface area contributed by atoms with E-state index in [4.69, 9.17) is 6.65 Å². The number of rotatable bonds is 0. The van der Waals surface area contributed by atoms with Gasteiger partial charge in [-0.25, -0.2) is 0 Å². The van der Waals surface area contributed by atoms with Crippen LogP contribution in [-0.2, 0) is 25.7 Å². The van der Waals surface area contributed by atoms with Gasteiger partial charge in [0.05, 0.1) is 0 Å². The minimum atomic E-state index is -2.00. The third-order valence-corrected chi connectivity index (χ3v) is 0. The summed E-state index contributed by atoms with van der Waals surface area (Å²) in [5.41, 5.74) is 0. The van der Waals surface area contributed by atoms with E-state index < -0.39 is 19.1 Å². The second-order valence-electron chi connectivity index (χ2n) is 0.0833. The zero-order chi connectivity index (χ0) is 2.71. The van der Waals surface area contributed by atoms with E-state index >= 15 is 0 Å². The first-order valence-corrected chi connectivity index (χ1v) is 1.68. The van der Waals surface area contributed by atoms with Crippen molar-refractivity contribution < 1.29 is 36.7 Å². The number of hydrogen-bond donors (Lipinski definition) is 0. The molecule has 0 aliphatic rings. The van der Waals surface area contributed by atoms with E-state index in [-0.39, 0.29) is 62.3 Å². The molecule has 0 aliphatic heterocycles. The monoisotopic (exact) mass is 156 g/mol. The summed E-state index contributed by atoms with van der Waals surface area (Å²) in [5, 5.41) is 0. The molecule has 0 atom stereocenters. The van der Waals surface area contributed by atoms with E-state index in [0.717, 1.165) is 0 Å². The normalized spacial score (nSPS) is 1.33. The Balaban J connectivity index is -0.00000000667. The van der Waals surface area contributed by atoms with Crippen LogP contribution in [0.25, 0.3) is 0 Å². The molecule has 0 aromatic rings. The molecule has 4 nitrogen and oxygen atoms in total. The second-order valence-corrected chi connectivity index (χ2v) is 0.344. The van der Waals surface area contributed by atoms with E-state index in [9.17, 15) is 0 Å². The molecule has 0 rings (SSSR count).